The Kier molecular flexibility index (Phi) is 7.98. The quantitative estimate of drug-likeness (QED) is 0.737. The standard InChI is InChI=1S/C20H23N3O3.C2HF3O2/c24-19(18-6-2-4-10-22-18)23-11-7-20(8-12-23)13-17(15-26-20)25-14-16-5-1-3-9-21-16;3-2(4,5)1(6)7/h1-6,9-10,17H,7-8,11-15H2;(H,6,7). The first kappa shape index (κ1) is 24.6. The molecule has 0 radical (unpaired) electrons. The van der Waals surface area contributed by atoms with E-state index in [-0.39, 0.29) is 17.6 Å². The van der Waals surface area contributed by atoms with Crippen molar-refractivity contribution in [3.8, 4) is 0 Å². The van der Waals surface area contributed by atoms with Crippen LogP contribution in [0, 0.1) is 0 Å². The molecule has 4 heterocycles. The number of aliphatic carboxylic acids is 1. The fourth-order valence-electron chi connectivity index (χ4n) is 3.71. The summed E-state index contributed by atoms with van der Waals surface area (Å²) in [6.07, 6.45) is 1.01. The molecule has 1 atom stereocenters. The number of halogens is 3. The van der Waals surface area contributed by atoms with Gasteiger partial charge in [-0.25, -0.2) is 4.79 Å². The Balaban J connectivity index is 0.000000383. The second-order valence-electron chi connectivity index (χ2n) is 7.76. The zero-order valence-corrected chi connectivity index (χ0v) is 17.7. The molecule has 1 amide bonds. The maximum Gasteiger partial charge on any atom is 0.490 e. The topological polar surface area (TPSA) is 102 Å². The fraction of sp³-hybridized carbons (Fsp3) is 0.455. The van der Waals surface area contributed by atoms with Gasteiger partial charge >= 0.3 is 12.1 Å². The highest BCUT2D eigenvalue weighted by Crippen LogP contribution is 2.37. The van der Waals surface area contributed by atoms with Gasteiger partial charge in [0.1, 0.15) is 5.69 Å². The van der Waals surface area contributed by atoms with Gasteiger partial charge in [0, 0.05) is 31.9 Å². The molecule has 4 rings (SSSR count). The third-order valence-electron chi connectivity index (χ3n) is 5.46. The first-order valence-electron chi connectivity index (χ1n) is 10.3. The van der Waals surface area contributed by atoms with Gasteiger partial charge in [-0.05, 0) is 37.1 Å². The normalized spacial score (nSPS) is 19.6. The van der Waals surface area contributed by atoms with Gasteiger partial charge in [-0.3, -0.25) is 14.8 Å². The number of aromatic nitrogens is 2. The summed E-state index contributed by atoms with van der Waals surface area (Å²) in [4.78, 5) is 31.7. The molecule has 2 aromatic heterocycles. The maximum atomic E-state index is 12.5. The van der Waals surface area contributed by atoms with Crippen molar-refractivity contribution in [2.24, 2.45) is 0 Å². The number of rotatable bonds is 4. The largest absolute Gasteiger partial charge is 0.490 e. The third-order valence-corrected chi connectivity index (χ3v) is 5.46. The Labute approximate surface area is 188 Å². The number of carbonyl (C=O) groups excluding carboxylic acids is 1. The van der Waals surface area contributed by atoms with E-state index in [2.05, 4.69) is 9.97 Å². The van der Waals surface area contributed by atoms with Crippen molar-refractivity contribution in [2.75, 3.05) is 19.7 Å². The van der Waals surface area contributed by atoms with Gasteiger partial charge in [0.15, 0.2) is 0 Å². The number of piperidine rings is 1. The van der Waals surface area contributed by atoms with E-state index in [9.17, 15) is 18.0 Å². The molecule has 178 valence electrons. The summed E-state index contributed by atoms with van der Waals surface area (Å²) in [7, 11) is 0. The van der Waals surface area contributed by atoms with Crippen molar-refractivity contribution in [1.29, 1.82) is 0 Å². The molecule has 2 aromatic rings. The SMILES string of the molecule is O=C(O)C(F)(F)F.O=C(c1ccccn1)N1CCC2(CC1)CC(OCc1ccccn1)CO2. The molecule has 0 aliphatic carbocycles. The van der Waals surface area contributed by atoms with Crippen LogP contribution >= 0.6 is 0 Å². The van der Waals surface area contributed by atoms with Crippen LogP contribution in [-0.2, 0) is 20.9 Å². The second kappa shape index (κ2) is 10.7. The molecule has 2 fully saturated rings. The molecule has 0 bridgehead atoms. The summed E-state index contributed by atoms with van der Waals surface area (Å²) in [6, 6.07) is 11.3. The molecule has 33 heavy (non-hydrogen) atoms. The molecule has 0 aromatic carbocycles. The van der Waals surface area contributed by atoms with Crippen LogP contribution in [0.3, 0.4) is 0 Å². The fourth-order valence-corrected chi connectivity index (χ4v) is 3.71. The molecule has 1 spiro atoms. The van der Waals surface area contributed by atoms with Crippen LogP contribution in [0.5, 0.6) is 0 Å². The van der Waals surface area contributed by atoms with E-state index in [1.165, 1.54) is 0 Å². The van der Waals surface area contributed by atoms with E-state index < -0.39 is 12.1 Å². The van der Waals surface area contributed by atoms with Gasteiger partial charge in [0.05, 0.1) is 30.6 Å². The number of carboxylic acids is 1. The molecule has 2 saturated heterocycles. The lowest BCUT2D eigenvalue weighted by Crippen LogP contribution is -2.46. The average Bonchev–Trinajstić information content (AvgIpc) is 3.21. The zero-order chi connectivity index (χ0) is 23.9. The maximum absolute atomic E-state index is 12.5. The van der Waals surface area contributed by atoms with Gasteiger partial charge < -0.3 is 19.5 Å². The van der Waals surface area contributed by atoms with Crippen molar-refractivity contribution in [3.63, 3.8) is 0 Å². The number of amides is 1. The number of ether oxygens (including phenoxy) is 2. The van der Waals surface area contributed by atoms with Crippen molar-refractivity contribution >= 4 is 11.9 Å². The van der Waals surface area contributed by atoms with E-state index in [1.807, 2.05) is 35.2 Å². The number of hydrogen-bond donors (Lipinski definition) is 1. The number of carbonyl (C=O) groups is 2. The minimum Gasteiger partial charge on any atom is -0.475 e. The number of likely N-dealkylation sites (tertiary alicyclic amines) is 1. The van der Waals surface area contributed by atoms with Crippen molar-refractivity contribution in [2.45, 2.75) is 43.8 Å². The minimum atomic E-state index is -5.08. The Morgan fingerprint density at radius 2 is 1.76 bits per heavy atom. The molecule has 8 nitrogen and oxygen atoms in total. The lowest BCUT2D eigenvalue weighted by atomic mass is 9.88. The highest BCUT2D eigenvalue weighted by molar-refractivity contribution is 5.92. The lowest BCUT2D eigenvalue weighted by Gasteiger charge is -2.38. The van der Waals surface area contributed by atoms with Crippen LogP contribution in [0.2, 0.25) is 0 Å². The van der Waals surface area contributed by atoms with Gasteiger partial charge in [0.25, 0.3) is 5.91 Å². The summed E-state index contributed by atoms with van der Waals surface area (Å²) >= 11 is 0. The smallest absolute Gasteiger partial charge is 0.475 e. The Morgan fingerprint density at radius 1 is 1.12 bits per heavy atom. The third kappa shape index (κ3) is 6.96. The molecule has 11 heteroatoms. The van der Waals surface area contributed by atoms with Gasteiger partial charge in [-0.15, -0.1) is 0 Å². The van der Waals surface area contributed by atoms with Crippen LogP contribution in [0.1, 0.15) is 35.4 Å². The van der Waals surface area contributed by atoms with Gasteiger partial charge in [-0.1, -0.05) is 12.1 Å². The molecular formula is C22H24F3N3O5. The Bertz CT molecular complexity index is 920. The molecule has 1 unspecified atom stereocenters. The first-order chi connectivity index (χ1) is 15.7. The Hall–Kier alpha value is -3.05. The molecular weight excluding hydrogens is 443 g/mol. The van der Waals surface area contributed by atoms with Crippen LogP contribution in [0.25, 0.3) is 0 Å². The molecule has 0 saturated carbocycles. The van der Waals surface area contributed by atoms with Crippen LogP contribution in [0.4, 0.5) is 13.2 Å². The van der Waals surface area contributed by atoms with Gasteiger partial charge in [0.2, 0.25) is 0 Å². The van der Waals surface area contributed by atoms with Crippen LogP contribution in [0.15, 0.2) is 48.8 Å². The van der Waals surface area contributed by atoms with Crippen molar-refractivity contribution in [1.82, 2.24) is 14.9 Å². The van der Waals surface area contributed by atoms with E-state index in [1.54, 1.807) is 18.5 Å². The van der Waals surface area contributed by atoms with Crippen molar-refractivity contribution < 1.29 is 37.3 Å². The second-order valence-corrected chi connectivity index (χ2v) is 7.76. The number of pyridine rings is 2. The van der Waals surface area contributed by atoms with E-state index in [0.29, 0.717) is 32.0 Å². The van der Waals surface area contributed by atoms with E-state index in [4.69, 9.17) is 19.4 Å². The number of hydrogen-bond acceptors (Lipinski definition) is 6. The van der Waals surface area contributed by atoms with Crippen LogP contribution in [-0.4, -0.2) is 69.4 Å². The lowest BCUT2D eigenvalue weighted by molar-refractivity contribution is -0.192. The summed E-state index contributed by atoms with van der Waals surface area (Å²) in [5, 5.41) is 7.12. The number of alkyl halides is 3. The summed E-state index contributed by atoms with van der Waals surface area (Å²) in [6.45, 7) is 2.51. The van der Waals surface area contributed by atoms with E-state index >= 15 is 0 Å². The van der Waals surface area contributed by atoms with Gasteiger partial charge in [-0.2, -0.15) is 13.2 Å². The molecule has 1 N–H and O–H groups in total. The molecule has 2 aliphatic heterocycles. The summed E-state index contributed by atoms with van der Waals surface area (Å²) in [5.41, 5.74) is 1.28. The predicted molar refractivity (Wildman–Crippen MR) is 109 cm³/mol. The minimum absolute atomic E-state index is 0.00130. The summed E-state index contributed by atoms with van der Waals surface area (Å²) in [5.74, 6) is -2.76. The number of nitrogens with zero attached hydrogens (tertiary/aromatic N) is 3. The Morgan fingerprint density at radius 3 is 2.30 bits per heavy atom. The molecule has 2 aliphatic rings. The first-order valence-corrected chi connectivity index (χ1v) is 10.3. The summed E-state index contributed by atoms with van der Waals surface area (Å²) < 4.78 is 43.8. The van der Waals surface area contributed by atoms with Crippen molar-refractivity contribution in [3.05, 3.63) is 60.2 Å². The van der Waals surface area contributed by atoms with E-state index in [0.717, 1.165) is 25.0 Å². The highest BCUT2D eigenvalue weighted by Gasteiger charge is 2.44. The van der Waals surface area contributed by atoms with Crippen LogP contribution < -0.4 is 0 Å². The monoisotopic (exact) mass is 467 g/mol. The predicted octanol–water partition coefficient (Wildman–Crippen LogP) is 3.09. The number of carboxylic acid groups (broad SMARTS) is 1. The highest BCUT2D eigenvalue weighted by atomic mass is 19.4. The average molecular weight is 467 g/mol. The zero-order valence-electron chi connectivity index (χ0n) is 17.7.